The Morgan fingerprint density at radius 2 is 1.83 bits per heavy atom. The maximum absolute atomic E-state index is 13.1. The van der Waals surface area contributed by atoms with E-state index in [4.69, 9.17) is 4.74 Å². The number of anilines is 1. The van der Waals surface area contributed by atoms with Crippen LogP contribution < -0.4 is 10.1 Å². The van der Waals surface area contributed by atoms with Gasteiger partial charge in [0.05, 0.1) is 17.8 Å². The Kier molecular flexibility index (Phi) is 7.10. The van der Waals surface area contributed by atoms with E-state index in [0.29, 0.717) is 30.6 Å². The highest BCUT2D eigenvalue weighted by molar-refractivity contribution is 7.88. The number of nitrogens with zero attached hydrogens (tertiary/aromatic N) is 1. The number of piperidine rings is 1. The molecule has 0 aromatic heterocycles. The number of sulfonamides is 1. The lowest BCUT2D eigenvalue weighted by Crippen LogP contribution is -2.44. The number of hydrogen-bond acceptors (Lipinski definition) is 4. The van der Waals surface area contributed by atoms with Crippen LogP contribution >= 0.6 is 0 Å². The number of ether oxygens (including phenoxy) is 1. The Bertz CT molecular complexity index is 960. The minimum absolute atomic E-state index is 0.0653. The van der Waals surface area contributed by atoms with Crippen molar-refractivity contribution in [3.63, 3.8) is 0 Å². The second kappa shape index (κ2) is 9.57. The molecule has 1 atom stereocenters. The van der Waals surface area contributed by atoms with Gasteiger partial charge < -0.3 is 10.1 Å². The molecule has 0 bridgehead atoms. The van der Waals surface area contributed by atoms with Crippen LogP contribution in [-0.4, -0.2) is 37.8 Å². The molecule has 30 heavy (non-hydrogen) atoms. The van der Waals surface area contributed by atoms with Gasteiger partial charge >= 0.3 is 0 Å². The van der Waals surface area contributed by atoms with Gasteiger partial charge in [0, 0.05) is 18.8 Å². The highest BCUT2D eigenvalue weighted by atomic mass is 32.2. The number of hydrogen-bond donors (Lipinski definition) is 1. The summed E-state index contributed by atoms with van der Waals surface area (Å²) in [5, 5.41) is 2.86. The number of halogens is 1. The molecule has 0 aliphatic carbocycles. The third-order valence-electron chi connectivity index (χ3n) is 4.90. The van der Waals surface area contributed by atoms with E-state index in [-0.39, 0.29) is 24.3 Å². The molecule has 1 aliphatic heterocycles. The van der Waals surface area contributed by atoms with Crippen LogP contribution in [0.3, 0.4) is 0 Å². The zero-order valence-corrected chi connectivity index (χ0v) is 18.0. The lowest BCUT2D eigenvalue weighted by atomic mass is 9.99. The van der Waals surface area contributed by atoms with Gasteiger partial charge in [0.2, 0.25) is 15.9 Å². The van der Waals surface area contributed by atoms with Crippen LogP contribution in [0, 0.1) is 11.7 Å². The van der Waals surface area contributed by atoms with Gasteiger partial charge in [0.1, 0.15) is 11.6 Å². The lowest BCUT2D eigenvalue weighted by molar-refractivity contribution is -0.120. The Labute approximate surface area is 177 Å². The number of carbonyl (C=O) groups excluding carboxylic acids is 1. The molecule has 1 N–H and O–H groups in total. The first-order valence-corrected chi connectivity index (χ1v) is 11.6. The molecule has 2 aromatic rings. The summed E-state index contributed by atoms with van der Waals surface area (Å²) >= 11 is 0. The van der Waals surface area contributed by atoms with Crippen LogP contribution in [-0.2, 0) is 20.6 Å². The molecule has 0 saturated carbocycles. The number of nitrogens with one attached hydrogen (secondary N) is 1. The normalized spacial score (nSPS) is 17.7. The number of rotatable bonds is 7. The molecule has 1 saturated heterocycles. The van der Waals surface area contributed by atoms with Crippen molar-refractivity contribution in [3.05, 3.63) is 59.9 Å². The maximum atomic E-state index is 13.1. The molecule has 6 nitrogen and oxygen atoms in total. The van der Waals surface area contributed by atoms with Crippen molar-refractivity contribution < 1.29 is 22.3 Å². The summed E-state index contributed by atoms with van der Waals surface area (Å²) in [6.45, 7) is 4.40. The molecule has 0 spiro atoms. The highest BCUT2D eigenvalue weighted by Crippen LogP contribution is 2.24. The maximum Gasteiger partial charge on any atom is 0.228 e. The summed E-state index contributed by atoms with van der Waals surface area (Å²) in [6, 6.07) is 12.5. The van der Waals surface area contributed by atoms with Gasteiger partial charge in [0.25, 0.3) is 0 Å². The Morgan fingerprint density at radius 1 is 1.17 bits per heavy atom. The van der Waals surface area contributed by atoms with Crippen molar-refractivity contribution in [3.8, 4) is 5.75 Å². The molecule has 0 radical (unpaired) electrons. The fraction of sp³-hybridized carbons (Fsp3) is 0.409. The van der Waals surface area contributed by atoms with Gasteiger partial charge in [0.15, 0.2) is 0 Å². The molecule has 1 fully saturated rings. The van der Waals surface area contributed by atoms with E-state index in [1.807, 2.05) is 13.8 Å². The zero-order valence-electron chi connectivity index (χ0n) is 17.2. The second-order valence-electron chi connectivity index (χ2n) is 7.76. The average Bonchev–Trinajstić information content (AvgIpc) is 2.71. The Morgan fingerprint density at radius 3 is 2.47 bits per heavy atom. The van der Waals surface area contributed by atoms with Crippen LogP contribution in [0.15, 0.2) is 48.5 Å². The first-order chi connectivity index (χ1) is 14.2. The van der Waals surface area contributed by atoms with E-state index in [0.717, 1.165) is 5.75 Å². The predicted octanol–water partition coefficient (Wildman–Crippen LogP) is 3.79. The van der Waals surface area contributed by atoms with Crippen LogP contribution in [0.4, 0.5) is 10.1 Å². The fourth-order valence-corrected chi connectivity index (χ4v) is 5.04. The summed E-state index contributed by atoms with van der Waals surface area (Å²) in [4.78, 5) is 12.7. The molecule has 2 aromatic carbocycles. The van der Waals surface area contributed by atoms with E-state index >= 15 is 0 Å². The van der Waals surface area contributed by atoms with Gasteiger partial charge in [-0.05, 0) is 68.7 Å². The van der Waals surface area contributed by atoms with Gasteiger partial charge in [-0.3, -0.25) is 4.79 Å². The fourth-order valence-electron chi connectivity index (χ4n) is 3.42. The van der Waals surface area contributed by atoms with Crippen molar-refractivity contribution in [1.29, 1.82) is 0 Å². The second-order valence-corrected chi connectivity index (χ2v) is 9.73. The Hall–Kier alpha value is -2.45. The molecule has 1 aliphatic rings. The van der Waals surface area contributed by atoms with Crippen molar-refractivity contribution >= 4 is 21.6 Å². The van der Waals surface area contributed by atoms with Crippen molar-refractivity contribution in [2.45, 2.75) is 38.5 Å². The summed E-state index contributed by atoms with van der Waals surface area (Å²) in [5.74, 6) is -0.519. The number of amides is 1. The predicted molar refractivity (Wildman–Crippen MR) is 114 cm³/mol. The van der Waals surface area contributed by atoms with Crippen LogP contribution in [0.5, 0.6) is 5.75 Å². The van der Waals surface area contributed by atoms with Gasteiger partial charge in [-0.15, -0.1) is 0 Å². The van der Waals surface area contributed by atoms with Gasteiger partial charge in [-0.25, -0.2) is 17.1 Å². The molecule has 1 heterocycles. The molecule has 3 rings (SSSR count). The third kappa shape index (κ3) is 6.03. The highest BCUT2D eigenvalue weighted by Gasteiger charge is 2.32. The van der Waals surface area contributed by atoms with Gasteiger partial charge in [-0.1, -0.05) is 12.1 Å². The van der Waals surface area contributed by atoms with E-state index in [1.165, 1.54) is 28.6 Å². The topological polar surface area (TPSA) is 75.7 Å². The van der Waals surface area contributed by atoms with E-state index in [2.05, 4.69) is 5.32 Å². The Balaban J connectivity index is 1.60. The molecule has 8 heteroatoms. The van der Waals surface area contributed by atoms with Crippen LogP contribution in [0.2, 0.25) is 0 Å². The van der Waals surface area contributed by atoms with Crippen LogP contribution in [0.1, 0.15) is 32.3 Å². The van der Waals surface area contributed by atoms with Crippen molar-refractivity contribution in [2.24, 2.45) is 5.92 Å². The minimum Gasteiger partial charge on any atom is -0.491 e. The third-order valence-corrected chi connectivity index (χ3v) is 6.72. The van der Waals surface area contributed by atoms with Crippen molar-refractivity contribution in [2.75, 3.05) is 18.4 Å². The average molecular weight is 435 g/mol. The molecule has 162 valence electrons. The summed E-state index contributed by atoms with van der Waals surface area (Å²) in [6.07, 6.45) is 1.31. The van der Waals surface area contributed by atoms with E-state index in [1.54, 1.807) is 24.3 Å². The number of carbonyl (C=O) groups is 1. The molecular weight excluding hydrogens is 407 g/mol. The minimum atomic E-state index is -3.59. The largest absolute Gasteiger partial charge is 0.491 e. The first kappa shape index (κ1) is 22.2. The van der Waals surface area contributed by atoms with Crippen LogP contribution in [0.25, 0.3) is 0 Å². The standard InChI is InChI=1S/C22H27FN2O4S/c1-16(2)29-21-11-9-20(10-12-21)24-22(26)18-4-3-13-25(14-18)30(27,28)15-17-5-7-19(23)8-6-17/h5-12,16,18H,3-4,13-15H2,1-2H3,(H,24,26)/t18-/m1/s1. The summed E-state index contributed by atoms with van der Waals surface area (Å²) < 4.78 is 45.6. The molecule has 1 amide bonds. The zero-order chi connectivity index (χ0) is 21.7. The summed E-state index contributed by atoms with van der Waals surface area (Å²) in [7, 11) is -3.59. The van der Waals surface area contributed by atoms with Crippen molar-refractivity contribution in [1.82, 2.24) is 4.31 Å². The van der Waals surface area contributed by atoms with Gasteiger partial charge in [-0.2, -0.15) is 0 Å². The monoisotopic (exact) mass is 434 g/mol. The molecular formula is C22H27FN2O4S. The van der Waals surface area contributed by atoms with E-state index in [9.17, 15) is 17.6 Å². The molecule has 0 unspecified atom stereocenters. The quantitative estimate of drug-likeness (QED) is 0.719. The number of benzene rings is 2. The smallest absolute Gasteiger partial charge is 0.228 e. The van der Waals surface area contributed by atoms with E-state index < -0.39 is 21.8 Å². The lowest BCUT2D eigenvalue weighted by Gasteiger charge is -2.31. The first-order valence-electron chi connectivity index (χ1n) is 10.0. The SMILES string of the molecule is CC(C)Oc1ccc(NC(=O)[C@@H]2CCCN(S(=O)(=O)Cc3ccc(F)cc3)C2)cc1. The summed E-state index contributed by atoms with van der Waals surface area (Å²) in [5.41, 5.74) is 1.16.